The molecular weight excluding hydrogens is 318 g/mol. The third-order valence-corrected chi connectivity index (χ3v) is 5.17. The van der Waals surface area contributed by atoms with E-state index >= 15 is 0 Å². The predicted octanol–water partition coefficient (Wildman–Crippen LogP) is 1.12. The normalized spacial score (nSPS) is 20.7. The monoisotopic (exact) mass is 341 g/mol. The van der Waals surface area contributed by atoms with E-state index in [1.54, 1.807) is 6.20 Å². The van der Waals surface area contributed by atoms with E-state index in [9.17, 15) is 9.59 Å². The molecule has 132 valence electrons. The highest BCUT2D eigenvalue weighted by Crippen LogP contribution is 2.21. The van der Waals surface area contributed by atoms with Gasteiger partial charge in [-0.15, -0.1) is 0 Å². The molecule has 2 aromatic heterocycles. The van der Waals surface area contributed by atoms with Crippen molar-refractivity contribution < 1.29 is 9.59 Å². The summed E-state index contributed by atoms with van der Waals surface area (Å²) in [6, 6.07) is 3.73. The third kappa shape index (κ3) is 3.06. The van der Waals surface area contributed by atoms with Crippen molar-refractivity contribution in [1.82, 2.24) is 23.9 Å². The van der Waals surface area contributed by atoms with Gasteiger partial charge in [0.1, 0.15) is 11.5 Å². The van der Waals surface area contributed by atoms with Crippen molar-refractivity contribution >= 4 is 11.8 Å². The number of aromatic nitrogens is 3. The van der Waals surface area contributed by atoms with Crippen molar-refractivity contribution in [1.29, 1.82) is 0 Å². The lowest BCUT2D eigenvalue weighted by molar-refractivity contribution is -0.128. The second-order valence-corrected chi connectivity index (χ2v) is 7.00. The van der Waals surface area contributed by atoms with Gasteiger partial charge in [-0.05, 0) is 18.6 Å². The van der Waals surface area contributed by atoms with Crippen molar-refractivity contribution in [2.24, 2.45) is 13.0 Å². The summed E-state index contributed by atoms with van der Waals surface area (Å²) in [6.45, 7) is 3.46. The summed E-state index contributed by atoms with van der Waals surface area (Å²) < 4.78 is 3.96. The van der Waals surface area contributed by atoms with Crippen LogP contribution in [-0.4, -0.2) is 55.4 Å². The van der Waals surface area contributed by atoms with Crippen LogP contribution in [0.2, 0.25) is 0 Å². The first-order valence-corrected chi connectivity index (χ1v) is 8.80. The first-order valence-electron chi connectivity index (χ1n) is 8.80. The summed E-state index contributed by atoms with van der Waals surface area (Å²) in [5.74, 6) is 1.36. The maximum Gasteiger partial charge on any atom is 0.270 e. The molecular formula is C18H23N5O2. The summed E-state index contributed by atoms with van der Waals surface area (Å²) in [6.07, 6.45) is 7.21. The number of aryl methyl sites for hydroxylation is 1. The number of carbonyl (C=O) groups excluding carboxylic acids is 2. The zero-order valence-corrected chi connectivity index (χ0v) is 14.5. The van der Waals surface area contributed by atoms with Gasteiger partial charge in [-0.25, -0.2) is 4.98 Å². The summed E-state index contributed by atoms with van der Waals surface area (Å²) in [7, 11) is 1.88. The van der Waals surface area contributed by atoms with Crippen molar-refractivity contribution in [3.63, 3.8) is 0 Å². The predicted molar refractivity (Wildman–Crippen MR) is 91.7 cm³/mol. The average Bonchev–Trinajstić information content (AvgIpc) is 3.28. The molecule has 0 bridgehead atoms. The molecule has 0 aromatic carbocycles. The molecule has 1 atom stereocenters. The molecule has 1 saturated heterocycles. The number of nitrogens with zero attached hydrogens (tertiary/aromatic N) is 5. The molecule has 0 N–H and O–H groups in total. The smallest absolute Gasteiger partial charge is 0.270 e. The Morgan fingerprint density at radius 3 is 2.92 bits per heavy atom. The second kappa shape index (κ2) is 6.38. The van der Waals surface area contributed by atoms with Crippen molar-refractivity contribution in [3.05, 3.63) is 42.2 Å². The van der Waals surface area contributed by atoms with Gasteiger partial charge in [-0.3, -0.25) is 9.59 Å². The number of amides is 2. The quantitative estimate of drug-likeness (QED) is 0.840. The summed E-state index contributed by atoms with van der Waals surface area (Å²) >= 11 is 0. The van der Waals surface area contributed by atoms with Crippen LogP contribution >= 0.6 is 0 Å². The Balaban J connectivity index is 1.58. The summed E-state index contributed by atoms with van der Waals surface area (Å²) in [5.41, 5.74) is 0.677. The second-order valence-electron chi connectivity index (χ2n) is 7.00. The van der Waals surface area contributed by atoms with Crippen LogP contribution in [0.4, 0.5) is 0 Å². The fourth-order valence-electron chi connectivity index (χ4n) is 3.86. The molecule has 1 fully saturated rings. The van der Waals surface area contributed by atoms with Gasteiger partial charge in [-0.2, -0.15) is 0 Å². The lowest BCUT2D eigenvalue weighted by Crippen LogP contribution is -2.40. The van der Waals surface area contributed by atoms with Gasteiger partial charge in [0.15, 0.2) is 0 Å². The molecule has 0 spiro atoms. The molecule has 7 nitrogen and oxygen atoms in total. The molecule has 4 heterocycles. The SMILES string of the molecule is Cn1cccc1C(=O)N1Cc2nccn2CC(CN2CCCC2=O)C1. The Labute approximate surface area is 146 Å². The minimum Gasteiger partial charge on any atom is -0.347 e. The molecule has 4 rings (SSSR count). The number of hydrogen-bond donors (Lipinski definition) is 0. The van der Waals surface area contributed by atoms with Crippen molar-refractivity contribution in [2.75, 3.05) is 19.6 Å². The molecule has 2 aliphatic heterocycles. The van der Waals surface area contributed by atoms with E-state index in [1.165, 1.54) is 0 Å². The zero-order chi connectivity index (χ0) is 17.4. The van der Waals surface area contributed by atoms with Gasteiger partial charge in [0, 0.05) is 64.2 Å². The Morgan fingerprint density at radius 2 is 2.20 bits per heavy atom. The van der Waals surface area contributed by atoms with Gasteiger partial charge < -0.3 is 18.9 Å². The first kappa shape index (κ1) is 15.9. The van der Waals surface area contributed by atoms with Crippen LogP contribution in [-0.2, 0) is 24.9 Å². The van der Waals surface area contributed by atoms with E-state index in [-0.39, 0.29) is 17.7 Å². The molecule has 0 saturated carbocycles. The van der Waals surface area contributed by atoms with Crippen molar-refractivity contribution in [2.45, 2.75) is 25.9 Å². The van der Waals surface area contributed by atoms with Crippen LogP contribution < -0.4 is 0 Å². The molecule has 7 heteroatoms. The summed E-state index contributed by atoms with van der Waals surface area (Å²) in [5, 5.41) is 0. The zero-order valence-electron chi connectivity index (χ0n) is 14.5. The van der Waals surface area contributed by atoms with E-state index in [0.29, 0.717) is 31.7 Å². The standard InChI is InChI=1S/C18H23N5O2/c1-20-7-2-4-15(20)18(25)23-12-14(11-22-8-3-5-17(22)24)10-21-9-6-19-16(21)13-23/h2,4,6-7,9,14H,3,5,8,10-13H2,1H3. The van der Waals surface area contributed by atoms with E-state index in [0.717, 1.165) is 25.3 Å². The third-order valence-electron chi connectivity index (χ3n) is 5.17. The molecule has 25 heavy (non-hydrogen) atoms. The maximum absolute atomic E-state index is 13.0. The number of likely N-dealkylation sites (tertiary alicyclic amines) is 1. The fraction of sp³-hybridized carbons (Fsp3) is 0.500. The first-order chi connectivity index (χ1) is 12.1. The highest BCUT2D eigenvalue weighted by molar-refractivity contribution is 5.92. The van der Waals surface area contributed by atoms with Crippen LogP contribution in [0.3, 0.4) is 0 Å². The van der Waals surface area contributed by atoms with Gasteiger partial charge in [0.2, 0.25) is 5.91 Å². The number of carbonyl (C=O) groups is 2. The van der Waals surface area contributed by atoms with Crippen LogP contribution in [0, 0.1) is 5.92 Å². The molecule has 2 aromatic rings. The number of rotatable bonds is 3. The van der Waals surface area contributed by atoms with Crippen LogP contribution in [0.5, 0.6) is 0 Å². The van der Waals surface area contributed by atoms with Gasteiger partial charge in [0.05, 0.1) is 6.54 Å². The molecule has 2 amide bonds. The average molecular weight is 341 g/mol. The van der Waals surface area contributed by atoms with Crippen LogP contribution in [0.1, 0.15) is 29.2 Å². The Morgan fingerprint density at radius 1 is 1.32 bits per heavy atom. The number of hydrogen-bond acceptors (Lipinski definition) is 3. The van der Waals surface area contributed by atoms with E-state index in [1.807, 2.05) is 45.9 Å². The number of fused-ring (bicyclic) bond motifs is 1. The lowest BCUT2D eigenvalue weighted by atomic mass is 10.1. The highest BCUT2D eigenvalue weighted by Gasteiger charge is 2.30. The molecule has 0 aliphatic carbocycles. The summed E-state index contributed by atoms with van der Waals surface area (Å²) in [4.78, 5) is 33.2. The van der Waals surface area contributed by atoms with Crippen LogP contribution in [0.25, 0.3) is 0 Å². The minimum absolute atomic E-state index is 0.0155. The van der Waals surface area contributed by atoms with E-state index in [4.69, 9.17) is 0 Å². The van der Waals surface area contributed by atoms with Gasteiger partial charge >= 0.3 is 0 Å². The largest absolute Gasteiger partial charge is 0.347 e. The fourth-order valence-corrected chi connectivity index (χ4v) is 3.86. The lowest BCUT2D eigenvalue weighted by Gasteiger charge is -2.27. The van der Waals surface area contributed by atoms with Gasteiger partial charge in [0.25, 0.3) is 5.91 Å². The van der Waals surface area contributed by atoms with Crippen molar-refractivity contribution in [3.8, 4) is 0 Å². The van der Waals surface area contributed by atoms with E-state index in [2.05, 4.69) is 9.55 Å². The molecule has 0 radical (unpaired) electrons. The Bertz CT molecular complexity index is 793. The Hall–Kier alpha value is -2.57. The van der Waals surface area contributed by atoms with E-state index < -0.39 is 0 Å². The highest BCUT2D eigenvalue weighted by atomic mass is 16.2. The number of imidazole rings is 1. The maximum atomic E-state index is 13.0. The topological polar surface area (TPSA) is 63.4 Å². The van der Waals surface area contributed by atoms with Gasteiger partial charge in [-0.1, -0.05) is 0 Å². The molecule has 2 aliphatic rings. The van der Waals surface area contributed by atoms with Crippen LogP contribution in [0.15, 0.2) is 30.7 Å². The minimum atomic E-state index is 0.0155. The molecule has 1 unspecified atom stereocenters. The Kier molecular flexibility index (Phi) is 4.07.